The maximum Gasteiger partial charge on any atom is 0.401 e. The lowest BCUT2D eigenvalue weighted by Gasteiger charge is -2.19. The monoisotopic (exact) mass is 399 g/mol. The molecule has 0 spiro atoms. The van der Waals surface area contributed by atoms with Gasteiger partial charge in [-0.05, 0) is 25.0 Å². The van der Waals surface area contributed by atoms with Gasteiger partial charge in [0.15, 0.2) is 5.96 Å². The fraction of sp³-hybridized carbons (Fsp3) is 0.556. The zero-order valence-corrected chi connectivity index (χ0v) is 16.0. The first-order valence-electron chi connectivity index (χ1n) is 9.04. The molecule has 1 aromatic heterocycles. The van der Waals surface area contributed by atoms with Crippen molar-refractivity contribution < 1.29 is 13.2 Å². The second-order valence-electron chi connectivity index (χ2n) is 6.66. The number of guanidine groups is 1. The van der Waals surface area contributed by atoms with Gasteiger partial charge in [0.25, 0.3) is 0 Å². The number of halogens is 3. The van der Waals surface area contributed by atoms with Crippen molar-refractivity contribution in [2.75, 3.05) is 33.2 Å². The number of rotatable bonds is 6. The van der Waals surface area contributed by atoms with Gasteiger partial charge in [-0.15, -0.1) is 11.3 Å². The van der Waals surface area contributed by atoms with Crippen LogP contribution in [0.3, 0.4) is 0 Å². The molecule has 1 aliphatic rings. The van der Waals surface area contributed by atoms with Crippen molar-refractivity contribution in [3.63, 3.8) is 0 Å². The van der Waals surface area contributed by atoms with Crippen molar-refractivity contribution >= 4 is 27.5 Å². The van der Waals surface area contributed by atoms with Crippen LogP contribution >= 0.6 is 11.3 Å². The van der Waals surface area contributed by atoms with E-state index < -0.39 is 12.7 Å². The molecule has 5 nitrogen and oxygen atoms in total. The molecule has 9 heteroatoms. The summed E-state index contributed by atoms with van der Waals surface area (Å²) in [6, 6.07) is 8.08. The lowest BCUT2D eigenvalue weighted by molar-refractivity contribution is -0.143. The highest BCUT2D eigenvalue weighted by Crippen LogP contribution is 2.22. The summed E-state index contributed by atoms with van der Waals surface area (Å²) in [6.45, 7) is 0.714. The Hall–Kier alpha value is -1.87. The Bertz CT molecular complexity index is 741. The number of alkyl halides is 3. The second kappa shape index (κ2) is 8.88. The Morgan fingerprint density at radius 1 is 1.37 bits per heavy atom. The summed E-state index contributed by atoms with van der Waals surface area (Å²) >= 11 is 1.71. The smallest absolute Gasteiger partial charge is 0.356 e. The first kappa shape index (κ1) is 19.9. The lowest BCUT2D eigenvalue weighted by Crippen LogP contribution is -2.45. The largest absolute Gasteiger partial charge is 0.401 e. The van der Waals surface area contributed by atoms with Gasteiger partial charge in [0.1, 0.15) is 0 Å². The predicted octanol–water partition coefficient (Wildman–Crippen LogP) is 3.03. The molecule has 1 fully saturated rings. The summed E-state index contributed by atoms with van der Waals surface area (Å²) in [4.78, 5) is 10.2. The Balaban J connectivity index is 1.38. The number of likely N-dealkylation sites (tertiary alicyclic amines) is 1. The topological polar surface area (TPSA) is 52.6 Å². The molecule has 2 heterocycles. The minimum atomic E-state index is -4.14. The molecule has 1 unspecified atom stereocenters. The number of hydrogen-bond donors (Lipinski definition) is 2. The SMILES string of the molecule is CN=C(NCCCc1nc2ccccc2s1)NC1CCN(CC(F)(F)F)C1. The molecule has 2 aromatic rings. The molecule has 0 saturated carbocycles. The quantitative estimate of drug-likeness (QED) is 0.445. The molecule has 0 radical (unpaired) electrons. The molecule has 148 valence electrons. The molecular formula is C18H24F3N5S. The van der Waals surface area contributed by atoms with Gasteiger partial charge in [0.2, 0.25) is 0 Å². The summed E-state index contributed by atoms with van der Waals surface area (Å²) in [7, 11) is 1.67. The minimum absolute atomic E-state index is 0.0113. The van der Waals surface area contributed by atoms with E-state index in [9.17, 15) is 13.2 Å². The normalized spacial score (nSPS) is 19.0. The van der Waals surface area contributed by atoms with Gasteiger partial charge in [-0.25, -0.2) is 4.98 Å². The van der Waals surface area contributed by atoms with Gasteiger partial charge in [-0.2, -0.15) is 13.2 Å². The molecule has 1 aromatic carbocycles. The van der Waals surface area contributed by atoms with E-state index in [-0.39, 0.29) is 6.04 Å². The average Bonchev–Trinajstić information content (AvgIpc) is 3.22. The van der Waals surface area contributed by atoms with E-state index in [1.54, 1.807) is 18.4 Å². The Kier molecular flexibility index (Phi) is 6.54. The number of benzene rings is 1. The average molecular weight is 399 g/mol. The maximum absolute atomic E-state index is 12.5. The van der Waals surface area contributed by atoms with Crippen LogP contribution in [0.1, 0.15) is 17.8 Å². The molecule has 0 bridgehead atoms. The van der Waals surface area contributed by atoms with Gasteiger partial charge in [0.05, 0.1) is 21.8 Å². The Morgan fingerprint density at radius 2 is 2.19 bits per heavy atom. The molecule has 1 atom stereocenters. The standard InChI is InChI=1S/C18H24F3N5S/c1-22-17(24-13-8-10-26(11-13)12-18(19,20)21)23-9-4-7-16-25-14-5-2-3-6-15(14)27-16/h2-3,5-6,13H,4,7-12H2,1H3,(H2,22,23,24). The van der Waals surface area contributed by atoms with E-state index in [1.807, 2.05) is 18.2 Å². The van der Waals surface area contributed by atoms with E-state index in [4.69, 9.17) is 0 Å². The zero-order chi connectivity index (χ0) is 19.3. The first-order valence-corrected chi connectivity index (χ1v) is 9.85. The molecular weight excluding hydrogens is 375 g/mol. The summed E-state index contributed by atoms with van der Waals surface area (Å²) in [6.07, 6.45) is -1.67. The fourth-order valence-corrected chi connectivity index (χ4v) is 4.22. The summed E-state index contributed by atoms with van der Waals surface area (Å²) < 4.78 is 38.6. The molecule has 27 heavy (non-hydrogen) atoms. The zero-order valence-electron chi connectivity index (χ0n) is 15.2. The first-order chi connectivity index (χ1) is 12.9. The number of aryl methyl sites for hydroxylation is 1. The van der Waals surface area contributed by atoms with Crippen molar-refractivity contribution in [1.29, 1.82) is 0 Å². The van der Waals surface area contributed by atoms with Crippen LogP contribution in [0.2, 0.25) is 0 Å². The number of thiazole rings is 1. The highest BCUT2D eigenvalue weighted by Gasteiger charge is 2.34. The Labute approximate surface area is 160 Å². The van der Waals surface area contributed by atoms with E-state index >= 15 is 0 Å². The lowest BCUT2D eigenvalue weighted by atomic mass is 10.3. The maximum atomic E-state index is 12.5. The van der Waals surface area contributed by atoms with E-state index in [0.29, 0.717) is 25.5 Å². The number of para-hydroxylation sites is 1. The van der Waals surface area contributed by atoms with Crippen LogP contribution in [0, 0.1) is 0 Å². The van der Waals surface area contributed by atoms with Crippen molar-refractivity contribution in [2.45, 2.75) is 31.5 Å². The minimum Gasteiger partial charge on any atom is -0.356 e. The summed E-state index contributed by atoms with van der Waals surface area (Å²) in [5.41, 5.74) is 1.03. The number of aromatic nitrogens is 1. The number of hydrogen-bond acceptors (Lipinski definition) is 4. The van der Waals surface area contributed by atoms with Gasteiger partial charge < -0.3 is 10.6 Å². The fourth-order valence-electron chi connectivity index (χ4n) is 3.21. The molecule has 0 aliphatic carbocycles. The highest BCUT2D eigenvalue weighted by molar-refractivity contribution is 7.18. The number of fused-ring (bicyclic) bond motifs is 1. The van der Waals surface area contributed by atoms with Crippen molar-refractivity contribution in [1.82, 2.24) is 20.5 Å². The number of nitrogens with zero attached hydrogens (tertiary/aromatic N) is 3. The third-order valence-corrected chi connectivity index (χ3v) is 5.53. The number of nitrogens with one attached hydrogen (secondary N) is 2. The summed E-state index contributed by atoms with van der Waals surface area (Å²) in [5.74, 6) is 0.637. The second-order valence-corrected chi connectivity index (χ2v) is 7.77. The molecule has 1 aliphatic heterocycles. The van der Waals surface area contributed by atoms with E-state index in [0.717, 1.165) is 29.9 Å². The Morgan fingerprint density at radius 3 is 2.93 bits per heavy atom. The molecule has 1 saturated heterocycles. The van der Waals surface area contributed by atoms with E-state index in [2.05, 4.69) is 26.7 Å². The predicted molar refractivity (Wildman–Crippen MR) is 103 cm³/mol. The van der Waals surface area contributed by atoms with Crippen LogP contribution in [-0.2, 0) is 6.42 Å². The molecule has 2 N–H and O–H groups in total. The van der Waals surface area contributed by atoms with Crippen LogP contribution in [0.15, 0.2) is 29.3 Å². The van der Waals surface area contributed by atoms with Crippen LogP contribution in [0.4, 0.5) is 13.2 Å². The van der Waals surface area contributed by atoms with Gasteiger partial charge in [-0.3, -0.25) is 9.89 Å². The van der Waals surface area contributed by atoms with Crippen molar-refractivity contribution in [3.8, 4) is 0 Å². The van der Waals surface area contributed by atoms with Gasteiger partial charge in [-0.1, -0.05) is 12.1 Å². The number of aliphatic imine (C=N–C) groups is 1. The highest BCUT2D eigenvalue weighted by atomic mass is 32.1. The van der Waals surface area contributed by atoms with Crippen LogP contribution in [0.5, 0.6) is 0 Å². The van der Waals surface area contributed by atoms with Crippen LogP contribution < -0.4 is 10.6 Å². The third-order valence-electron chi connectivity index (χ3n) is 4.44. The third kappa shape index (κ3) is 6.07. The van der Waals surface area contributed by atoms with Crippen LogP contribution in [0.25, 0.3) is 10.2 Å². The molecule has 3 rings (SSSR count). The summed E-state index contributed by atoms with van der Waals surface area (Å²) in [5, 5.41) is 7.57. The van der Waals surface area contributed by atoms with Crippen molar-refractivity contribution in [3.05, 3.63) is 29.3 Å². The van der Waals surface area contributed by atoms with Gasteiger partial charge >= 0.3 is 6.18 Å². The van der Waals surface area contributed by atoms with Gasteiger partial charge in [0, 0.05) is 39.1 Å². The van der Waals surface area contributed by atoms with Crippen molar-refractivity contribution in [2.24, 2.45) is 4.99 Å². The van der Waals surface area contributed by atoms with E-state index in [1.165, 1.54) is 9.60 Å². The molecule has 0 amide bonds. The van der Waals surface area contributed by atoms with Crippen LogP contribution in [-0.4, -0.2) is 61.3 Å².